The molecule has 0 saturated heterocycles. The number of hydrogen-bond donors (Lipinski definition) is 1. The van der Waals surface area contributed by atoms with Crippen molar-refractivity contribution in [2.24, 2.45) is 5.92 Å². The number of alkyl halides is 6. The Morgan fingerprint density at radius 2 is 1.56 bits per heavy atom. The summed E-state index contributed by atoms with van der Waals surface area (Å²) in [5.41, 5.74) is 0.247. The Hall–Kier alpha value is -1.21. The van der Waals surface area contributed by atoms with Crippen molar-refractivity contribution in [3.63, 3.8) is 0 Å². The van der Waals surface area contributed by atoms with Gasteiger partial charge in [0.15, 0.2) is 0 Å². The van der Waals surface area contributed by atoms with Crippen LogP contribution in [0.2, 0.25) is 0 Å². The molecule has 0 aliphatic rings. The highest BCUT2D eigenvalue weighted by atomic mass is 19.4. The van der Waals surface area contributed by atoms with E-state index >= 15 is 0 Å². The lowest BCUT2D eigenvalue weighted by molar-refractivity contribution is -0.274. The number of halogens is 6. The molecule has 0 unspecified atom stereocenters. The molecule has 0 aromatic heterocycles. The van der Waals surface area contributed by atoms with Crippen LogP contribution in [0.3, 0.4) is 0 Å². The molecule has 0 atom stereocenters. The fourth-order valence-electron chi connectivity index (χ4n) is 0.823. The number of nitrogens with one attached hydrogen (secondary N) is 1. The molecule has 0 aliphatic carbocycles. The first-order chi connectivity index (χ1) is 6.96. The summed E-state index contributed by atoms with van der Waals surface area (Å²) in [4.78, 5) is 10.7. The molecule has 0 rings (SSSR count). The summed E-state index contributed by atoms with van der Waals surface area (Å²) in [6, 6.07) is 0. The summed E-state index contributed by atoms with van der Waals surface area (Å²) in [7, 11) is 0. The maximum absolute atomic E-state index is 12.0. The zero-order valence-electron chi connectivity index (χ0n) is 8.17. The summed E-state index contributed by atoms with van der Waals surface area (Å²) in [5, 5.41) is 1.52. The Morgan fingerprint density at radius 3 is 1.81 bits per heavy atom. The fraction of sp³-hybridized carbons (Fsp3) is 0.625. The van der Waals surface area contributed by atoms with Gasteiger partial charge in [-0.15, -0.1) is 0 Å². The first-order valence-electron chi connectivity index (χ1n) is 4.01. The molecule has 0 aromatic carbocycles. The third-order valence-corrected chi connectivity index (χ3v) is 1.48. The second kappa shape index (κ2) is 4.75. The summed E-state index contributed by atoms with van der Waals surface area (Å²) >= 11 is 0. The predicted molar refractivity (Wildman–Crippen MR) is 43.4 cm³/mol. The second-order valence-corrected chi connectivity index (χ2v) is 3.19. The molecule has 0 aliphatic heterocycles. The zero-order valence-corrected chi connectivity index (χ0v) is 8.17. The Morgan fingerprint density at radius 1 is 1.19 bits per heavy atom. The van der Waals surface area contributed by atoms with Gasteiger partial charge < -0.3 is 5.32 Å². The highest BCUT2D eigenvalue weighted by molar-refractivity contribution is 5.80. The van der Waals surface area contributed by atoms with Gasteiger partial charge in [-0.2, -0.15) is 26.3 Å². The minimum atomic E-state index is -5.66. The van der Waals surface area contributed by atoms with Gasteiger partial charge >= 0.3 is 12.4 Å². The third kappa shape index (κ3) is 4.54. The largest absolute Gasteiger partial charge is 0.409 e. The standard InChI is InChI=1S/C8H9F6NO/c1-4(2)3-15-6(16)5(7(9,10)11)8(12,13)14/h5H,1,3H2,2H3,(H,15,16). The summed E-state index contributed by atoms with van der Waals surface area (Å²) in [5.74, 6) is -6.12. The van der Waals surface area contributed by atoms with Crippen LogP contribution in [-0.2, 0) is 4.79 Å². The third-order valence-electron chi connectivity index (χ3n) is 1.48. The van der Waals surface area contributed by atoms with E-state index in [0.29, 0.717) is 0 Å². The molecule has 94 valence electrons. The van der Waals surface area contributed by atoms with Crippen LogP contribution in [0, 0.1) is 5.92 Å². The molecule has 0 spiro atoms. The van der Waals surface area contributed by atoms with Gasteiger partial charge in [0.25, 0.3) is 0 Å². The van der Waals surface area contributed by atoms with Crippen molar-refractivity contribution in [1.29, 1.82) is 0 Å². The fourth-order valence-corrected chi connectivity index (χ4v) is 0.823. The Labute approximate surface area is 87.3 Å². The highest BCUT2D eigenvalue weighted by Gasteiger charge is 2.60. The molecule has 0 fully saturated rings. The van der Waals surface area contributed by atoms with E-state index in [1.54, 1.807) is 0 Å². The Kier molecular flexibility index (Phi) is 4.39. The van der Waals surface area contributed by atoms with E-state index in [4.69, 9.17) is 0 Å². The maximum Gasteiger partial charge on any atom is 0.409 e. The topological polar surface area (TPSA) is 29.1 Å². The van der Waals surface area contributed by atoms with E-state index in [-0.39, 0.29) is 5.57 Å². The minimum Gasteiger partial charge on any atom is -0.352 e. The van der Waals surface area contributed by atoms with Crippen molar-refractivity contribution in [3.05, 3.63) is 12.2 Å². The summed E-state index contributed by atoms with van der Waals surface area (Å²) < 4.78 is 71.9. The Balaban J connectivity index is 4.80. The van der Waals surface area contributed by atoms with Crippen molar-refractivity contribution in [2.45, 2.75) is 19.3 Å². The van der Waals surface area contributed by atoms with Gasteiger partial charge in [-0.1, -0.05) is 12.2 Å². The zero-order chi connectivity index (χ0) is 13.1. The molecule has 0 bridgehead atoms. The molecule has 1 amide bonds. The monoisotopic (exact) mass is 249 g/mol. The lowest BCUT2D eigenvalue weighted by Crippen LogP contribution is -2.48. The maximum atomic E-state index is 12.0. The average molecular weight is 249 g/mol. The minimum absolute atomic E-state index is 0.247. The van der Waals surface area contributed by atoms with Gasteiger partial charge in [0.05, 0.1) is 0 Å². The van der Waals surface area contributed by atoms with Crippen molar-refractivity contribution in [1.82, 2.24) is 5.32 Å². The van der Waals surface area contributed by atoms with Crippen molar-refractivity contribution in [2.75, 3.05) is 6.54 Å². The number of hydrogen-bond acceptors (Lipinski definition) is 1. The van der Waals surface area contributed by atoms with Gasteiger partial charge in [0.1, 0.15) is 0 Å². The highest BCUT2D eigenvalue weighted by Crippen LogP contribution is 2.39. The van der Waals surface area contributed by atoms with Crippen LogP contribution < -0.4 is 5.32 Å². The van der Waals surface area contributed by atoms with Crippen LogP contribution >= 0.6 is 0 Å². The lowest BCUT2D eigenvalue weighted by atomic mass is 10.1. The SMILES string of the molecule is C=C(C)CNC(=O)C(C(F)(F)F)C(F)(F)F. The van der Waals surface area contributed by atoms with Crippen LogP contribution in [-0.4, -0.2) is 24.8 Å². The predicted octanol–water partition coefficient (Wildman–Crippen LogP) is 2.42. The van der Waals surface area contributed by atoms with Crippen molar-refractivity contribution in [3.8, 4) is 0 Å². The number of rotatable bonds is 3. The normalized spacial score (nSPS) is 12.8. The van der Waals surface area contributed by atoms with E-state index in [0.717, 1.165) is 0 Å². The van der Waals surface area contributed by atoms with Gasteiger partial charge in [0, 0.05) is 6.54 Å². The van der Waals surface area contributed by atoms with E-state index in [1.807, 2.05) is 0 Å². The van der Waals surface area contributed by atoms with Gasteiger partial charge in [-0.3, -0.25) is 4.79 Å². The van der Waals surface area contributed by atoms with Crippen LogP contribution in [0.4, 0.5) is 26.3 Å². The molecule has 0 radical (unpaired) electrons. The second-order valence-electron chi connectivity index (χ2n) is 3.19. The van der Waals surface area contributed by atoms with Crippen molar-refractivity contribution >= 4 is 5.91 Å². The smallest absolute Gasteiger partial charge is 0.352 e. The average Bonchev–Trinajstić information content (AvgIpc) is 1.94. The van der Waals surface area contributed by atoms with E-state index in [9.17, 15) is 31.1 Å². The van der Waals surface area contributed by atoms with Crippen LogP contribution in [0.25, 0.3) is 0 Å². The van der Waals surface area contributed by atoms with Crippen molar-refractivity contribution < 1.29 is 31.1 Å². The van der Waals surface area contributed by atoms with E-state index in [2.05, 4.69) is 6.58 Å². The van der Waals surface area contributed by atoms with E-state index in [1.165, 1.54) is 12.2 Å². The van der Waals surface area contributed by atoms with Gasteiger partial charge in [-0.25, -0.2) is 0 Å². The molecular formula is C8H9F6NO. The molecule has 0 heterocycles. The lowest BCUT2D eigenvalue weighted by Gasteiger charge is -2.21. The van der Waals surface area contributed by atoms with Crippen LogP contribution in [0.5, 0.6) is 0 Å². The number of carbonyl (C=O) groups is 1. The number of amides is 1. The first-order valence-corrected chi connectivity index (χ1v) is 4.01. The van der Waals surface area contributed by atoms with E-state index < -0.39 is 30.7 Å². The first kappa shape index (κ1) is 14.8. The molecular weight excluding hydrogens is 240 g/mol. The molecule has 8 heteroatoms. The summed E-state index contributed by atoms with van der Waals surface area (Å²) in [6.45, 7) is 4.16. The number of carbonyl (C=O) groups excluding carboxylic acids is 1. The van der Waals surface area contributed by atoms with Gasteiger partial charge in [-0.05, 0) is 6.92 Å². The molecule has 1 N–H and O–H groups in total. The Bertz CT molecular complexity index is 265. The van der Waals surface area contributed by atoms with Crippen LogP contribution in [0.15, 0.2) is 12.2 Å². The molecule has 16 heavy (non-hydrogen) atoms. The molecule has 0 saturated carbocycles. The molecule has 2 nitrogen and oxygen atoms in total. The molecule has 0 aromatic rings. The van der Waals surface area contributed by atoms with Gasteiger partial charge in [0.2, 0.25) is 11.8 Å². The summed E-state index contributed by atoms with van der Waals surface area (Å²) in [6.07, 6.45) is -11.3. The quantitative estimate of drug-likeness (QED) is 0.604. The van der Waals surface area contributed by atoms with Crippen LogP contribution in [0.1, 0.15) is 6.92 Å².